The van der Waals surface area contributed by atoms with Crippen LogP contribution in [0, 0.1) is 0 Å². The minimum absolute atomic E-state index is 0.103. The summed E-state index contributed by atoms with van der Waals surface area (Å²) in [6, 6.07) is 15.0. The van der Waals surface area contributed by atoms with Crippen LogP contribution in [0.15, 0.2) is 48.5 Å². The van der Waals surface area contributed by atoms with E-state index in [0.29, 0.717) is 23.7 Å². The molecule has 3 nitrogen and oxygen atoms in total. The average Bonchev–Trinajstić information content (AvgIpc) is 2.69. The first kappa shape index (κ1) is 14.1. The van der Waals surface area contributed by atoms with Crippen molar-refractivity contribution in [3.8, 4) is 5.75 Å². The van der Waals surface area contributed by atoms with Crippen LogP contribution in [0.1, 0.15) is 15.9 Å². The van der Waals surface area contributed by atoms with Gasteiger partial charge in [0.15, 0.2) is 5.78 Å². The summed E-state index contributed by atoms with van der Waals surface area (Å²) in [6.07, 6.45) is 0. The van der Waals surface area contributed by atoms with Gasteiger partial charge in [-0.05, 0) is 30.3 Å². The number of ketones is 1. The molecule has 0 radical (unpaired) electrons. The fourth-order valence-electron chi connectivity index (χ4n) is 2.45. The molecule has 0 atom stereocenters. The summed E-state index contributed by atoms with van der Waals surface area (Å²) in [5, 5.41) is 0.642. The second-order valence-electron chi connectivity index (χ2n) is 5.10. The highest BCUT2D eigenvalue weighted by Gasteiger charge is 2.18. The Bertz CT molecular complexity index is 639. The van der Waals surface area contributed by atoms with Crippen molar-refractivity contribution in [1.82, 2.24) is 4.90 Å². The van der Waals surface area contributed by atoms with Crippen molar-refractivity contribution in [3.05, 3.63) is 64.7 Å². The van der Waals surface area contributed by atoms with E-state index in [1.54, 1.807) is 24.3 Å². The van der Waals surface area contributed by atoms with Crippen molar-refractivity contribution in [1.29, 1.82) is 0 Å². The minimum Gasteiger partial charge on any atom is -0.492 e. The third kappa shape index (κ3) is 3.43. The predicted octanol–water partition coefficient (Wildman–Crippen LogP) is 3.42. The van der Waals surface area contributed by atoms with Gasteiger partial charge < -0.3 is 4.74 Å². The molecule has 3 rings (SSSR count). The van der Waals surface area contributed by atoms with E-state index in [-0.39, 0.29) is 5.78 Å². The van der Waals surface area contributed by atoms with E-state index in [1.165, 1.54) is 0 Å². The zero-order valence-corrected chi connectivity index (χ0v) is 12.3. The molecule has 0 aromatic heterocycles. The van der Waals surface area contributed by atoms with E-state index in [1.807, 2.05) is 24.3 Å². The molecule has 0 spiro atoms. The Hall–Kier alpha value is -1.84. The zero-order chi connectivity index (χ0) is 14.7. The van der Waals surface area contributed by atoms with Crippen LogP contribution in [0.25, 0.3) is 0 Å². The van der Waals surface area contributed by atoms with Gasteiger partial charge in [0.2, 0.25) is 0 Å². The van der Waals surface area contributed by atoms with Crippen molar-refractivity contribution in [2.75, 3.05) is 19.7 Å². The van der Waals surface area contributed by atoms with E-state index in [9.17, 15) is 4.79 Å². The van der Waals surface area contributed by atoms with Gasteiger partial charge in [-0.25, -0.2) is 0 Å². The van der Waals surface area contributed by atoms with E-state index >= 15 is 0 Å². The highest BCUT2D eigenvalue weighted by Crippen LogP contribution is 2.22. The molecule has 2 aromatic rings. The van der Waals surface area contributed by atoms with Crippen molar-refractivity contribution >= 4 is 17.4 Å². The number of carbonyl (C=O) groups is 1. The van der Waals surface area contributed by atoms with Gasteiger partial charge in [-0.2, -0.15) is 0 Å². The molecule has 0 amide bonds. The number of rotatable bonds is 3. The number of Topliss-reactive ketones (excluding diaryl/α,β-unsaturated/α-hetero) is 1. The fraction of sp³-hybridized carbons (Fsp3) is 0.235. The first-order valence-electron chi connectivity index (χ1n) is 6.94. The van der Waals surface area contributed by atoms with Crippen molar-refractivity contribution in [2.24, 2.45) is 0 Å². The van der Waals surface area contributed by atoms with Gasteiger partial charge in [-0.3, -0.25) is 9.69 Å². The highest BCUT2D eigenvalue weighted by atomic mass is 35.5. The number of halogens is 1. The smallest absolute Gasteiger partial charge is 0.176 e. The predicted molar refractivity (Wildman–Crippen MR) is 83.0 cm³/mol. The lowest BCUT2D eigenvalue weighted by Crippen LogP contribution is -2.31. The molecule has 0 saturated carbocycles. The van der Waals surface area contributed by atoms with Crippen molar-refractivity contribution in [3.63, 3.8) is 0 Å². The Kier molecular flexibility index (Phi) is 4.23. The highest BCUT2D eigenvalue weighted by molar-refractivity contribution is 6.30. The average molecular weight is 302 g/mol. The van der Waals surface area contributed by atoms with Crippen molar-refractivity contribution in [2.45, 2.75) is 6.54 Å². The number of fused-ring (bicyclic) bond motifs is 1. The Balaban J connectivity index is 1.70. The number of hydrogen-bond acceptors (Lipinski definition) is 3. The molecule has 1 heterocycles. The zero-order valence-electron chi connectivity index (χ0n) is 11.6. The third-order valence-electron chi connectivity index (χ3n) is 3.57. The molecular weight excluding hydrogens is 286 g/mol. The molecule has 0 N–H and O–H groups in total. The lowest BCUT2D eigenvalue weighted by atomic mass is 10.1. The summed E-state index contributed by atoms with van der Waals surface area (Å²) in [5.41, 5.74) is 1.82. The number of nitrogens with zero attached hydrogens (tertiary/aromatic N) is 1. The van der Waals surface area contributed by atoms with Crippen LogP contribution in [0.2, 0.25) is 5.02 Å². The molecule has 2 aromatic carbocycles. The Morgan fingerprint density at radius 3 is 2.71 bits per heavy atom. The normalized spacial score (nSPS) is 14.9. The van der Waals surface area contributed by atoms with Gasteiger partial charge in [-0.15, -0.1) is 0 Å². The minimum atomic E-state index is 0.103. The summed E-state index contributed by atoms with van der Waals surface area (Å²) >= 11 is 5.85. The van der Waals surface area contributed by atoms with Crippen LogP contribution in [0.3, 0.4) is 0 Å². The number of benzene rings is 2. The van der Waals surface area contributed by atoms with Gasteiger partial charge in [0.05, 0.1) is 6.54 Å². The van der Waals surface area contributed by atoms with Gasteiger partial charge in [0.1, 0.15) is 12.4 Å². The molecule has 0 aliphatic carbocycles. The van der Waals surface area contributed by atoms with Gasteiger partial charge in [0.25, 0.3) is 0 Å². The van der Waals surface area contributed by atoms with Gasteiger partial charge in [-0.1, -0.05) is 29.8 Å². The standard InChI is InChI=1S/C17H16ClNO2/c18-15-7-5-13(6-8-15)16(20)12-19-9-10-21-17-4-2-1-3-14(17)11-19/h1-8H,9-12H2. The molecule has 21 heavy (non-hydrogen) atoms. The summed E-state index contributed by atoms with van der Waals surface area (Å²) in [4.78, 5) is 14.4. The van der Waals surface area contributed by atoms with E-state index in [0.717, 1.165) is 24.4 Å². The Labute approximate surface area is 129 Å². The molecule has 0 saturated heterocycles. The maximum absolute atomic E-state index is 12.3. The summed E-state index contributed by atoms with van der Waals surface area (Å²) < 4.78 is 5.71. The maximum Gasteiger partial charge on any atom is 0.176 e. The Morgan fingerprint density at radius 2 is 1.90 bits per heavy atom. The van der Waals surface area contributed by atoms with Crippen LogP contribution in [-0.4, -0.2) is 30.4 Å². The second-order valence-corrected chi connectivity index (χ2v) is 5.53. The molecular formula is C17H16ClNO2. The van der Waals surface area contributed by atoms with Crippen LogP contribution in [0.5, 0.6) is 5.75 Å². The fourth-order valence-corrected chi connectivity index (χ4v) is 2.57. The second kappa shape index (κ2) is 6.29. The number of hydrogen-bond donors (Lipinski definition) is 0. The maximum atomic E-state index is 12.3. The van der Waals surface area contributed by atoms with Crippen molar-refractivity contribution < 1.29 is 9.53 Å². The van der Waals surface area contributed by atoms with E-state index in [2.05, 4.69) is 4.90 Å². The summed E-state index contributed by atoms with van der Waals surface area (Å²) in [5.74, 6) is 1.02. The lowest BCUT2D eigenvalue weighted by molar-refractivity contribution is 0.0921. The molecule has 0 bridgehead atoms. The van der Waals surface area contributed by atoms with Gasteiger partial charge >= 0.3 is 0 Å². The molecule has 0 unspecified atom stereocenters. The monoisotopic (exact) mass is 301 g/mol. The quantitative estimate of drug-likeness (QED) is 0.814. The molecule has 108 valence electrons. The Morgan fingerprint density at radius 1 is 1.14 bits per heavy atom. The number of para-hydroxylation sites is 1. The van der Waals surface area contributed by atoms with E-state index < -0.39 is 0 Å². The molecule has 4 heteroatoms. The molecule has 1 aliphatic heterocycles. The summed E-state index contributed by atoms with van der Waals surface area (Å²) in [6.45, 7) is 2.47. The summed E-state index contributed by atoms with van der Waals surface area (Å²) in [7, 11) is 0. The number of ether oxygens (including phenoxy) is 1. The lowest BCUT2D eigenvalue weighted by Gasteiger charge is -2.18. The molecule has 0 fully saturated rings. The third-order valence-corrected chi connectivity index (χ3v) is 3.82. The van der Waals surface area contributed by atoms with Crippen LogP contribution in [0.4, 0.5) is 0 Å². The van der Waals surface area contributed by atoms with E-state index in [4.69, 9.17) is 16.3 Å². The topological polar surface area (TPSA) is 29.5 Å². The SMILES string of the molecule is O=C(CN1CCOc2ccccc2C1)c1ccc(Cl)cc1. The van der Waals surface area contributed by atoms with Crippen LogP contribution >= 0.6 is 11.6 Å². The largest absolute Gasteiger partial charge is 0.492 e. The van der Waals surface area contributed by atoms with Crippen LogP contribution in [-0.2, 0) is 6.54 Å². The first-order valence-corrected chi connectivity index (χ1v) is 7.32. The number of carbonyl (C=O) groups excluding carboxylic acids is 1. The molecule has 1 aliphatic rings. The van der Waals surface area contributed by atoms with Gasteiger partial charge in [0, 0.05) is 29.2 Å². The first-order chi connectivity index (χ1) is 10.2. The van der Waals surface area contributed by atoms with Crippen LogP contribution < -0.4 is 4.74 Å².